The molecule has 0 fully saturated rings. The monoisotopic (exact) mass is 246 g/mol. The van der Waals surface area contributed by atoms with Crippen molar-refractivity contribution in [2.75, 3.05) is 11.9 Å². The van der Waals surface area contributed by atoms with Gasteiger partial charge in [-0.05, 0) is 26.8 Å². The van der Waals surface area contributed by atoms with E-state index in [1.165, 1.54) is 6.20 Å². The molecule has 0 aliphatic rings. The number of hydrogen-bond acceptors (Lipinski definition) is 6. The molecule has 0 bridgehead atoms. The lowest BCUT2D eigenvalue weighted by atomic mass is 10.3. The van der Waals surface area contributed by atoms with Crippen LogP contribution in [0.25, 0.3) is 0 Å². The first kappa shape index (κ1) is 13.6. The zero-order chi connectivity index (χ0) is 13.5. The van der Waals surface area contributed by atoms with Crippen molar-refractivity contribution < 1.29 is 9.53 Å². The summed E-state index contributed by atoms with van der Waals surface area (Å²) in [5.74, 6) is -0.332. The molecule has 1 heterocycles. The van der Waals surface area contributed by atoms with Crippen molar-refractivity contribution >= 4 is 11.9 Å². The Bertz CT molecular complexity index is 497. The van der Waals surface area contributed by atoms with E-state index in [1.54, 1.807) is 13.0 Å². The standard InChI is InChI=1S/C12H14N4O2/c1-4-18-11(17)10(6-13)7-14-12-15-8(2)5-9(3)16-12/h5,7H,4H2,1-3H3,(H,14,15,16). The molecule has 0 saturated carbocycles. The van der Waals surface area contributed by atoms with Crippen LogP contribution in [0, 0.1) is 25.2 Å². The number of esters is 1. The molecule has 0 spiro atoms. The maximum atomic E-state index is 11.3. The van der Waals surface area contributed by atoms with E-state index in [-0.39, 0.29) is 12.2 Å². The molecule has 0 saturated heterocycles. The lowest BCUT2D eigenvalue weighted by molar-refractivity contribution is -0.138. The number of nitriles is 1. The normalized spacial score (nSPS) is 10.7. The predicted octanol–water partition coefficient (Wildman–Crippen LogP) is 1.48. The van der Waals surface area contributed by atoms with Crippen molar-refractivity contribution in [3.05, 3.63) is 29.2 Å². The van der Waals surface area contributed by atoms with E-state index >= 15 is 0 Å². The average molecular weight is 246 g/mol. The molecule has 1 aromatic rings. The van der Waals surface area contributed by atoms with Crippen molar-refractivity contribution in [2.45, 2.75) is 20.8 Å². The van der Waals surface area contributed by atoms with Crippen LogP contribution in [0.3, 0.4) is 0 Å². The summed E-state index contributed by atoms with van der Waals surface area (Å²) in [6.45, 7) is 5.56. The molecule has 0 aliphatic heterocycles. The SMILES string of the molecule is CCOC(=O)C(C#N)=CNc1nc(C)cc(C)n1. The highest BCUT2D eigenvalue weighted by Gasteiger charge is 2.09. The fraction of sp³-hybridized carbons (Fsp3) is 0.333. The van der Waals surface area contributed by atoms with E-state index in [9.17, 15) is 4.79 Å². The highest BCUT2D eigenvalue weighted by atomic mass is 16.5. The third-order valence-electron chi connectivity index (χ3n) is 1.94. The van der Waals surface area contributed by atoms with Crippen LogP contribution in [0.4, 0.5) is 5.95 Å². The van der Waals surface area contributed by atoms with Crippen LogP contribution in [-0.2, 0) is 9.53 Å². The van der Waals surface area contributed by atoms with Crippen LogP contribution >= 0.6 is 0 Å². The zero-order valence-electron chi connectivity index (χ0n) is 10.5. The summed E-state index contributed by atoms with van der Waals surface area (Å²) < 4.78 is 4.72. The summed E-state index contributed by atoms with van der Waals surface area (Å²) in [5.41, 5.74) is 1.47. The minimum Gasteiger partial charge on any atom is -0.462 e. The fourth-order valence-corrected chi connectivity index (χ4v) is 1.27. The number of nitrogens with zero attached hydrogens (tertiary/aromatic N) is 3. The number of aryl methyl sites for hydroxylation is 2. The Morgan fingerprint density at radius 1 is 1.50 bits per heavy atom. The Kier molecular flexibility index (Phi) is 4.81. The van der Waals surface area contributed by atoms with Gasteiger partial charge in [0.05, 0.1) is 6.61 Å². The quantitative estimate of drug-likeness (QED) is 0.491. The molecule has 18 heavy (non-hydrogen) atoms. The molecule has 0 aliphatic carbocycles. The summed E-state index contributed by atoms with van der Waals surface area (Å²) in [6.07, 6.45) is 1.24. The summed E-state index contributed by atoms with van der Waals surface area (Å²) >= 11 is 0. The van der Waals surface area contributed by atoms with Gasteiger partial charge in [-0.1, -0.05) is 0 Å². The molecule has 1 rings (SSSR count). The number of aromatic nitrogens is 2. The first-order valence-electron chi connectivity index (χ1n) is 5.43. The van der Waals surface area contributed by atoms with Crippen LogP contribution in [0.2, 0.25) is 0 Å². The van der Waals surface area contributed by atoms with Gasteiger partial charge in [-0.25, -0.2) is 14.8 Å². The van der Waals surface area contributed by atoms with E-state index in [0.29, 0.717) is 5.95 Å². The number of anilines is 1. The molecular weight excluding hydrogens is 232 g/mol. The maximum Gasteiger partial charge on any atom is 0.350 e. The smallest absolute Gasteiger partial charge is 0.350 e. The number of carbonyl (C=O) groups is 1. The summed E-state index contributed by atoms with van der Waals surface area (Å²) in [7, 11) is 0. The molecular formula is C12H14N4O2. The Morgan fingerprint density at radius 3 is 2.61 bits per heavy atom. The van der Waals surface area contributed by atoms with E-state index in [0.717, 1.165) is 11.4 Å². The topological polar surface area (TPSA) is 87.9 Å². The number of ether oxygens (including phenoxy) is 1. The minimum absolute atomic E-state index is 0.125. The fourth-order valence-electron chi connectivity index (χ4n) is 1.27. The molecule has 94 valence electrons. The number of rotatable bonds is 4. The summed E-state index contributed by atoms with van der Waals surface area (Å²) in [5, 5.41) is 11.5. The Balaban J connectivity index is 2.83. The Labute approximate surface area is 105 Å². The van der Waals surface area contributed by atoms with Crippen LogP contribution < -0.4 is 5.32 Å². The second kappa shape index (κ2) is 6.35. The van der Waals surface area contributed by atoms with Gasteiger partial charge in [0.25, 0.3) is 0 Å². The van der Waals surface area contributed by atoms with Crippen molar-refractivity contribution in [1.82, 2.24) is 9.97 Å². The molecule has 0 unspecified atom stereocenters. The Morgan fingerprint density at radius 2 is 2.11 bits per heavy atom. The van der Waals surface area contributed by atoms with E-state index < -0.39 is 5.97 Å². The van der Waals surface area contributed by atoms with Gasteiger partial charge < -0.3 is 10.1 Å². The van der Waals surface area contributed by atoms with Crippen molar-refractivity contribution in [1.29, 1.82) is 5.26 Å². The van der Waals surface area contributed by atoms with E-state index in [1.807, 2.05) is 19.9 Å². The van der Waals surface area contributed by atoms with Gasteiger partial charge in [-0.2, -0.15) is 5.26 Å². The molecule has 6 nitrogen and oxygen atoms in total. The highest BCUT2D eigenvalue weighted by molar-refractivity contribution is 5.93. The van der Waals surface area contributed by atoms with Crippen LogP contribution in [0.15, 0.2) is 17.8 Å². The van der Waals surface area contributed by atoms with E-state index in [4.69, 9.17) is 10.00 Å². The lowest BCUT2D eigenvalue weighted by Crippen LogP contribution is -2.08. The van der Waals surface area contributed by atoms with Gasteiger partial charge in [0.15, 0.2) is 5.57 Å². The lowest BCUT2D eigenvalue weighted by Gasteiger charge is -2.03. The van der Waals surface area contributed by atoms with Crippen LogP contribution in [-0.4, -0.2) is 22.5 Å². The van der Waals surface area contributed by atoms with Gasteiger partial charge in [0, 0.05) is 17.6 Å². The number of carbonyl (C=O) groups excluding carboxylic acids is 1. The predicted molar refractivity (Wildman–Crippen MR) is 65.5 cm³/mol. The van der Waals surface area contributed by atoms with Gasteiger partial charge in [-0.15, -0.1) is 0 Å². The highest BCUT2D eigenvalue weighted by Crippen LogP contribution is 2.05. The minimum atomic E-state index is -0.670. The third-order valence-corrected chi connectivity index (χ3v) is 1.94. The van der Waals surface area contributed by atoms with Crippen molar-refractivity contribution in [3.8, 4) is 6.07 Å². The second-order valence-corrected chi connectivity index (χ2v) is 3.51. The van der Waals surface area contributed by atoms with Gasteiger partial charge in [0.1, 0.15) is 6.07 Å². The van der Waals surface area contributed by atoms with Gasteiger partial charge >= 0.3 is 5.97 Å². The average Bonchev–Trinajstić information content (AvgIpc) is 2.29. The summed E-state index contributed by atoms with van der Waals surface area (Å²) in [4.78, 5) is 19.6. The third kappa shape index (κ3) is 3.87. The van der Waals surface area contributed by atoms with Crippen molar-refractivity contribution in [3.63, 3.8) is 0 Å². The first-order valence-corrected chi connectivity index (χ1v) is 5.43. The number of nitrogens with one attached hydrogen (secondary N) is 1. The molecule has 1 N–H and O–H groups in total. The molecule has 1 aromatic heterocycles. The first-order chi connectivity index (χ1) is 8.56. The zero-order valence-corrected chi connectivity index (χ0v) is 10.5. The van der Waals surface area contributed by atoms with Crippen LogP contribution in [0.5, 0.6) is 0 Å². The second-order valence-electron chi connectivity index (χ2n) is 3.51. The van der Waals surface area contributed by atoms with E-state index in [2.05, 4.69) is 15.3 Å². The Hall–Kier alpha value is -2.42. The summed E-state index contributed by atoms with van der Waals surface area (Å²) in [6, 6.07) is 3.58. The molecule has 0 amide bonds. The number of hydrogen-bond donors (Lipinski definition) is 1. The largest absolute Gasteiger partial charge is 0.462 e. The van der Waals surface area contributed by atoms with Crippen LogP contribution in [0.1, 0.15) is 18.3 Å². The molecule has 6 heteroatoms. The van der Waals surface area contributed by atoms with Gasteiger partial charge in [0.2, 0.25) is 5.95 Å². The maximum absolute atomic E-state index is 11.3. The van der Waals surface area contributed by atoms with Gasteiger partial charge in [-0.3, -0.25) is 0 Å². The molecule has 0 radical (unpaired) electrons. The molecule has 0 aromatic carbocycles. The van der Waals surface area contributed by atoms with Crippen molar-refractivity contribution in [2.24, 2.45) is 0 Å². The molecule has 0 atom stereocenters.